The van der Waals surface area contributed by atoms with Crippen molar-refractivity contribution in [1.29, 1.82) is 0 Å². The van der Waals surface area contributed by atoms with Crippen LogP contribution in [0.2, 0.25) is 0 Å². The van der Waals surface area contributed by atoms with Crippen molar-refractivity contribution in [3.63, 3.8) is 0 Å². The van der Waals surface area contributed by atoms with Crippen LogP contribution < -0.4 is 14.7 Å². The molecular weight excluding hydrogens is 398 g/mol. The van der Waals surface area contributed by atoms with E-state index < -0.39 is 0 Å². The Labute approximate surface area is 193 Å². The van der Waals surface area contributed by atoms with Gasteiger partial charge in [-0.1, -0.05) is 65.3 Å². The molecule has 32 heavy (non-hydrogen) atoms. The van der Waals surface area contributed by atoms with E-state index in [1.807, 2.05) is 18.7 Å². The molecule has 1 unspecified atom stereocenters. The van der Waals surface area contributed by atoms with Gasteiger partial charge in [0.15, 0.2) is 7.05 Å². The zero-order valence-corrected chi connectivity index (χ0v) is 21.5. The molecule has 2 heterocycles. The normalized spacial score (nSPS) is 17.0. The van der Waals surface area contributed by atoms with E-state index in [9.17, 15) is 0 Å². The van der Waals surface area contributed by atoms with E-state index in [2.05, 4.69) is 89.8 Å². The van der Waals surface area contributed by atoms with Gasteiger partial charge in [0.2, 0.25) is 0 Å². The molecule has 0 fully saturated rings. The Hall–Kier alpha value is -2.63. The molecule has 1 aromatic carbocycles. The molecule has 0 radical (unpaired) electrons. The molecule has 0 saturated carbocycles. The van der Waals surface area contributed by atoms with Gasteiger partial charge >= 0.3 is 5.88 Å². The predicted octanol–water partition coefficient (Wildman–Crippen LogP) is 4.64. The average molecular weight is 439 g/mol. The van der Waals surface area contributed by atoms with Crippen LogP contribution in [0, 0.1) is 10.8 Å². The lowest BCUT2D eigenvalue weighted by Crippen LogP contribution is -2.46. The number of amidine groups is 2. The first-order valence-electron chi connectivity index (χ1n) is 11.6. The summed E-state index contributed by atoms with van der Waals surface area (Å²) < 4.78 is 10.0. The van der Waals surface area contributed by atoms with Crippen molar-refractivity contribution in [2.45, 2.75) is 68.0 Å². The van der Waals surface area contributed by atoms with Crippen LogP contribution in [0.15, 0.2) is 34.3 Å². The number of benzene rings is 1. The Morgan fingerprint density at radius 1 is 1.06 bits per heavy atom. The van der Waals surface area contributed by atoms with Gasteiger partial charge in [-0.05, 0) is 25.0 Å². The Morgan fingerprint density at radius 3 is 2.31 bits per heavy atom. The van der Waals surface area contributed by atoms with Crippen molar-refractivity contribution in [2.75, 3.05) is 6.61 Å². The van der Waals surface area contributed by atoms with Crippen molar-refractivity contribution in [3.05, 3.63) is 35.4 Å². The lowest BCUT2D eigenvalue weighted by molar-refractivity contribution is -0.754. The maximum absolute atomic E-state index is 5.83. The predicted molar refractivity (Wildman–Crippen MR) is 132 cm³/mol. The lowest BCUT2D eigenvalue weighted by atomic mass is 9.89. The van der Waals surface area contributed by atoms with E-state index in [-0.39, 0.29) is 17.0 Å². The minimum absolute atomic E-state index is 0.0612. The summed E-state index contributed by atoms with van der Waals surface area (Å²) in [6, 6.07) is 8.77. The van der Waals surface area contributed by atoms with Gasteiger partial charge in [0.25, 0.3) is 0 Å². The van der Waals surface area contributed by atoms with Gasteiger partial charge in [-0.25, -0.2) is 9.98 Å². The average Bonchev–Trinajstić information content (AvgIpc) is 3.00. The van der Waals surface area contributed by atoms with Gasteiger partial charge in [0.1, 0.15) is 23.5 Å². The topological polar surface area (TPSA) is 54.8 Å². The molecule has 6 nitrogen and oxygen atoms in total. The third-order valence-electron chi connectivity index (χ3n) is 5.93. The van der Waals surface area contributed by atoms with Crippen LogP contribution in [0.4, 0.5) is 0 Å². The summed E-state index contributed by atoms with van der Waals surface area (Å²) in [6.07, 6.45) is 0.827. The van der Waals surface area contributed by atoms with Crippen LogP contribution in [0.25, 0.3) is 11.3 Å². The number of nitrogens with zero attached hydrogens (tertiary/aromatic N) is 4. The zero-order chi connectivity index (χ0) is 23.8. The van der Waals surface area contributed by atoms with Gasteiger partial charge in [0, 0.05) is 22.0 Å². The number of aromatic nitrogens is 2. The van der Waals surface area contributed by atoms with Gasteiger partial charge in [-0.3, -0.25) is 0 Å². The third kappa shape index (κ3) is 4.74. The summed E-state index contributed by atoms with van der Waals surface area (Å²) in [4.78, 5) is 9.99. The van der Waals surface area contributed by atoms with Crippen LogP contribution in [-0.2, 0) is 20.5 Å². The van der Waals surface area contributed by atoms with Crippen LogP contribution in [-0.4, -0.2) is 29.1 Å². The van der Waals surface area contributed by atoms with E-state index in [0.29, 0.717) is 6.61 Å². The molecule has 0 bridgehead atoms. The molecule has 0 amide bonds. The van der Waals surface area contributed by atoms with Crippen LogP contribution >= 0.6 is 0 Å². The molecule has 1 N–H and O–H groups in total. The number of ether oxygens (including phenoxy) is 1. The molecule has 0 spiro atoms. The Bertz CT molecular complexity index is 1050. The number of nitrogens with one attached hydrogen (secondary N) is 1. The monoisotopic (exact) mass is 438 g/mol. The highest BCUT2D eigenvalue weighted by atomic mass is 16.5. The second-order valence-electron chi connectivity index (χ2n) is 10.6. The first-order chi connectivity index (χ1) is 14.9. The van der Waals surface area contributed by atoms with Gasteiger partial charge < -0.3 is 10.1 Å². The van der Waals surface area contributed by atoms with Crippen LogP contribution in [0.1, 0.15) is 66.5 Å². The largest absolute Gasteiger partial charge is 0.443 e. The molecule has 0 aliphatic carbocycles. The molecule has 0 saturated heterocycles. The van der Waals surface area contributed by atoms with Crippen LogP contribution in [0.3, 0.4) is 0 Å². The summed E-state index contributed by atoms with van der Waals surface area (Å²) in [6.45, 7) is 18.0. The number of aryl methyl sites for hydroxylation is 1. The fourth-order valence-corrected chi connectivity index (χ4v) is 3.78. The van der Waals surface area contributed by atoms with Crippen molar-refractivity contribution in [2.24, 2.45) is 34.9 Å². The minimum Gasteiger partial charge on any atom is -0.443 e. The third-order valence-corrected chi connectivity index (χ3v) is 5.93. The number of rotatable bonds is 5. The lowest BCUT2D eigenvalue weighted by Gasteiger charge is -2.34. The number of hydrogen-bond donors (Lipinski definition) is 1. The Kier molecular flexibility index (Phi) is 6.55. The molecule has 6 heteroatoms. The van der Waals surface area contributed by atoms with Crippen LogP contribution in [0.5, 0.6) is 5.88 Å². The minimum atomic E-state index is -0.125. The fourth-order valence-electron chi connectivity index (χ4n) is 3.78. The second-order valence-corrected chi connectivity index (χ2v) is 10.6. The molecule has 3 rings (SSSR count). The summed E-state index contributed by atoms with van der Waals surface area (Å²) in [5.41, 5.74) is 4.55. The molecule has 1 aliphatic rings. The fraction of sp³-hybridized carbons (Fsp3) is 0.577. The maximum Gasteiger partial charge on any atom is 0.393 e. The van der Waals surface area contributed by atoms with E-state index >= 15 is 0 Å². The molecular formula is C26H40N5O+. The highest BCUT2D eigenvalue weighted by Crippen LogP contribution is 2.31. The molecule has 1 atom stereocenters. The molecule has 1 aromatic heterocycles. The summed E-state index contributed by atoms with van der Waals surface area (Å²) in [7, 11) is 4.09. The first kappa shape index (κ1) is 24.0. The highest BCUT2D eigenvalue weighted by Gasteiger charge is 2.32. The van der Waals surface area contributed by atoms with E-state index in [1.54, 1.807) is 0 Å². The highest BCUT2D eigenvalue weighted by molar-refractivity contribution is 6.12. The second kappa shape index (κ2) is 8.72. The van der Waals surface area contributed by atoms with E-state index in [1.165, 1.54) is 11.1 Å². The van der Waals surface area contributed by atoms with Crippen molar-refractivity contribution in [3.8, 4) is 17.1 Å². The SMILES string of the molecule is CCOc1cc(-c2cc(C3=NC(C(C)(C)C)N=C(C(C)(C)C)N3)ccc2CC)n(C)[n+]1C. The van der Waals surface area contributed by atoms with Crippen molar-refractivity contribution in [1.82, 2.24) is 10.00 Å². The van der Waals surface area contributed by atoms with Crippen molar-refractivity contribution < 1.29 is 9.42 Å². The maximum atomic E-state index is 5.83. The van der Waals surface area contributed by atoms with Gasteiger partial charge in [0.05, 0.1) is 19.7 Å². The molecule has 1 aliphatic heterocycles. The molecule has 174 valence electrons. The standard InChI is InChI=1S/C26H40N5O/c1-11-17-13-14-18(15-19(17)20-16-21(32-12-2)31(10)30(20)9)22-27-23(25(3,4)5)29-24(28-22)26(6,7)8/h13-16,23H,11-12H2,1-10H3,(H,27,28,29)/q+1. The van der Waals surface area contributed by atoms with E-state index in [4.69, 9.17) is 14.7 Å². The number of aliphatic imine (C=N–C) groups is 2. The molecule has 2 aromatic rings. The Balaban J connectivity index is 2.12. The van der Waals surface area contributed by atoms with E-state index in [0.717, 1.165) is 35.2 Å². The zero-order valence-electron chi connectivity index (χ0n) is 21.5. The quantitative estimate of drug-likeness (QED) is 0.691. The first-order valence-corrected chi connectivity index (χ1v) is 11.6. The summed E-state index contributed by atoms with van der Waals surface area (Å²) in [5.74, 6) is 2.73. The van der Waals surface area contributed by atoms with Gasteiger partial charge in [-0.2, -0.15) is 4.68 Å². The number of hydrogen-bond acceptors (Lipinski definition) is 4. The summed E-state index contributed by atoms with van der Waals surface area (Å²) >= 11 is 0. The van der Waals surface area contributed by atoms with Crippen molar-refractivity contribution >= 4 is 11.7 Å². The Morgan fingerprint density at radius 2 is 1.75 bits per heavy atom. The smallest absolute Gasteiger partial charge is 0.393 e. The van der Waals surface area contributed by atoms with Gasteiger partial charge in [-0.15, -0.1) is 0 Å². The summed E-state index contributed by atoms with van der Waals surface area (Å²) in [5, 5.41) is 3.54.